The lowest BCUT2D eigenvalue weighted by molar-refractivity contribution is 0.0600. The zero-order chi connectivity index (χ0) is 17.9. The van der Waals surface area contributed by atoms with E-state index in [4.69, 9.17) is 9.72 Å². The van der Waals surface area contributed by atoms with E-state index in [0.29, 0.717) is 11.5 Å². The van der Waals surface area contributed by atoms with Gasteiger partial charge in [-0.25, -0.2) is 9.78 Å². The maximum absolute atomic E-state index is 11.5. The molecule has 4 nitrogen and oxygen atoms in total. The van der Waals surface area contributed by atoms with Gasteiger partial charge in [-0.1, -0.05) is 24.3 Å². The number of para-hydroxylation sites is 1. The molecule has 0 amide bonds. The smallest absolute Gasteiger partial charge is 0.337 e. The Kier molecular flexibility index (Phi) is 5.00. The van der Waals surface area contributed by atoms with Crippen molar-refractivity contribution in [2.75, 3.05) is 20.2 Å². The Balaban J connectivity index is 1.35. The molecule has 2 heterocycles. The lowest BCUT2D eigenvalue weighted by Crippen LogP contribution is -2.32. The molecule has 2 aromatic carbocycles. The van der Waals surface area contributed by atoms with Gasteiger partial charge in [0.05, 0.1) is 27.9 Å². The summed E-state index contributed by atoms with van der Waals surface area (Å²) in [6.45, 7) is 3.09. The van der Waals surface area contributed by atoms with Crippen LogP contribution in [-0.2, 0) is 11.3 Å². The Labute approximate surface area is 157 Å². The molecule has 1 fully saturated rings. The van der Waals surface area contributed by atoms with Crippen molar-refractivity contribution in [1.29, 1.82) is 0 Å². The molecular weight excluding hydrogens is 344 g/mol. The first-order valence-corrected chi connectivity index (χ1v) is 9.79. The molecule has 5 heteroatoms. The van der Waals surface area contributed by atoms with Crippen LogP contribution < -0.4 is 0 Å². The highest BCUT2D eigenvalue weighted by molar-refractivity contribution is 7.18. The van der Waals surface area contributed by atoms with Crippen molar-refractivity contribution < 1.29 is 9.53 Å². The molecule has 3 aromatic rings. The molecule has 0 atom stereocenters. The summed E-state index contributed by atoms with van der Waals surface area (Å²) in [4.78, 5) is 18.8. The molecular formula is C21H22N2O2S. The molecule has 0 radical (unpaired) electrons. The molecule has 4 rings (SSSR count). The minimum atomic E-state index is -0.284. The van der Waals surface area contributed by atoms with Crippen molar-refractivity contribution in [3.8, 4) is 0 Å². The molecule has 0 unspecified atom stereocenters. The van der Waals surface area contributed by atoms with Crippen molar-refractivity contribution in [1.82, 2.24) is 9.88 Å². The number of rotatable bonds is 4. The van der Waals surface area contributed by atoms with E-state index in [-0.39, 0.29) is 5.97 Å². The van der Waals surface area contributed by atoms with Crippen LogP contribution in [0.4, 0.5) is 0 Å². The van der Waals surface area contributed by atoms with Crippen molar-refractivity contribution in [2.45, 2.75) is 25.3 Å². The van der Waals surface area contributed by atoms with Gasteiger partial charge in [-0.3, -0.25) is 4.90 Å². The van der Waals surface area contributed by atoms with Crippen LogP contribution in [0, 0.1) is 0 Å². The summed E-state index contributed by atoms with van der Waals surface area (Å²) < 4.78 is 6.04. The highest BCUT2D eigenvalue weighted by atomic mass is 32.1. The second-order valence-electron chi connectivity index (χ2n) is 6.76. The van der Waals surface area contributed by atoms with Crippen molar-refractivity contribution >= 4 is 27.5 Å². The first kappa shape index (κ1) is 17.2. The first-order valence-electron chi connectivity index (χ1n) is 8.98. The molecule has 1 aromatic heterocycles. The average molecular weight is 366 g/mol. The Morgan fingerprint density at radius 1 is 1.15 bits per heavy atom. The fourth-order valence-corrected chi connectivity index (χ4v) is 4.66. The van der Waals surface area contributed by atoms with E-state index in [0.717, 1.165) is 38.0 Å². The Bertz CT molecular complexity index is 863. The maximum Gasteiger partial charge on any atom is 0.337 e. The van der Waals surface area contributed by atoms with E-state index < -0.39 is 0 Å². The number of hydrogen-bond acceptors (Lipinski definition) is 5. The number of methoxy groups -OCH3 is 1. The largest absolute Gasteiger partial charge is 0.465 e. The van der Waals surface area contributed by atoms with Gasteiger partial charge in [0.15, 0.2) is 0 Å². The molecule has 1 aliphatic rings. The summed E-state index contributed by atoms with van der Waals surface area (Å²) in [6, 6.07) is 16.1. The molecule has 1 aliphatic heterocycles. The monoisotopic (exact) mass is 366 g/mol. The number of nitrogens with zero attached hydrogens (tertiary/aromatic N) is 2. The Morgan fingerprint density at radius 2 is 1.88 bits per heavy atom. The summed E-state index contributed by atoms with van der Waals surface area (Å²) in [7, 11) is 1.41. The molecule has 0 N–H and O–H groups in total. The average Bonchev–Trinajstić information content (AvgIpc) is 3.13. The van der Waals surface area contributed by atoms with Crippen LogP contribution in [0.15, 0.2) is 48.5 Å². The predicted octanol–water partition coefficient (Wildman–Crippen LogP) is 4.46. The highest BCUT2D eigenvalue weighted by Gasteiger charge is 2.23. The number of esters is 1. The molecule has 26 heavy (non-hydrogen) atoms. The van der Waals surface area contributed by atoms with Gasteiger partial charge < -0.3 is 4.74 Å². The van der Waals surface area contributed by atoms with Gasteiger partial charge in [-0.15, -0.1) is 11.3 Å². The van der Waals surface area contributed by atoms with E-state index >= 15 is 0 Å². The van der Waals surface area contributed by atoms with Gasteiger partial charge in [0, 0.05) is 12.5 Å². The lowest BCUT2D eigenvalue weighted by Gasteiger charge is -2.31. The third kappa shape index (κ3) is 3.64. The number of benzene rings is 2. The van der Waals surface area contributed by atoms with E-state index in [2.05, 4.69) is 29.2 Å². The van der Waals surface area contributed by atoms with Crippen molar-refractivity contribution in [3.63, 3.8) is 0 Å². The lowest BCUT2D eigenvalue weighted by atomic mass is 9.97. The molecule has 134 valence electrons. The quantitative estimate of drug-likeness (QED) is 0.639. The van der Waals surface area contributed by atoms with Gasteiger partial charge in [0.2, 0.25) is 0 Å². The summed E-state index contributed by atoms with van der Waals surface area (Å²) in [5.41, 5.74) is 2.96. The van der Waals surface area contributed by atoms with Gasteiger partial charge in [0.25, 0.3) is 0 Å². The minimum absolute atomic E-state index is 0.284. The van der Waals surface area contributed by atoms with Gasteiger partial charge in [-0.05, 0) is 55.8 Å². The normalized spacial score (nSPS) is 16.0. The number of piperidine rings is 1. The zero-order valence-electron chi connectivity index (χ0n) is 14.9. The zero-order valence-corrected chi connectivity index (χ0v) is 15.7. The van der Waals surface area contributed by atoms with Crippen LogP contribution in [-0.4, -0.2) is 36.1 Å². The number of ether oxygens (including phenoxy) is 1. The Hall–Kier alpha value is -2.24. The summed E-state index contributed by atoms with van der Waals surface area (Å²) in [6.07, 6.45) is 2.31. The van der Waals surface area contributed by atoms with Crippen molar-refractivity contribution in [2.24, 2.45) is 0 Å². The second kappa shape index (κ2) is 7.56. The van der Waals surface area contributed by atoms with Gasteiger partial charge in [0.1, 0.15) is 0 Å². The number of thiazole rings is 1. The fraction of sp³-hybridized carbons (Fsp3) is 0.333. The fourth-order valence-electron chi connectivity index (χ4n) is 3.52. The molecule has 0 saturated carbocycles. The van der Waals surface area contributed by atoms with Crippen LogP contribution in [0.25, 0.3) is 10.2 Å². The van der Waals surface area contributed by atoms with Crippen LogP contribution in [0.2, 0.25) is 0 Å². The third-order valence-corrected chi connectivity index (χ3v) is 6.23. The second-order valence-corrected chi connectivity index (χ2v) is 7.82. The first-order chi connectivity index (χ1) is 12.7. The van der Waals surface area contributed by atoms with Crippen LogP contribution >= 0.6 is 11.3 Å². The Morgan fingerprint density at radius 3 is 2.58 bits per heavy atom. The SMILES string of the molecule is COC(=O)c1ccc(CN2CCC(c3nc4ccccc4s3)CC2)cc1. The maximum atomic E-state index is 11.5. The number of aromatic nitrogens is 1. The topological polar surface area (TPSA) is 42.4 Å². The number of carbonyl (C=O) groups is 1. The van der Waals surface area contributed by atoms with E-state index in [1.165, 1.54) is 22.4 Å². The number of carbonyl (C=O) groups excluding carboxylic acids is 1. The number of fused-ring (bicyclic) bond motifs is 1. The predicted molar refractivity (Wildman–Crippen MR) is 105 cm³/mol. The van der Waals surface area contributed by atoms with Crippen LogP contribution in [0.5, 0.6) is 0 Å². The highest BCUT2D eigenvalue weighted by Crippen LogP contribution is 2.34. The van der Waals surface area contributed by atoms with Gasteiger partial charge in [-0.2, -0.15) is 0 Å². The number of likely N-dealkylation sites (tertiary alicyclic amines) is 1. The molecule has 0 bridgehead atoms. The molecule has 0 aliphatic carbocycles. The van der Waals surface area contributed by atoms with Crippen LogP contribution in [0.3, 0.4) is 0 Å². The van der Waals surface area contributed by atoms with E-state index in [9.17, 15) is 4.79 Å². The number of hydrogen-bond donors (Lipinski definition) is 0. The van der Waals surface area contributed by atoms with Crippen LogP contribution in [0.1, 0.15) is 39.7 Å². The standard InChI is InChI=1S/C21H22N2O2S/c1-25-21(24)17-8-6-15(7-9-17)14-23-12-10-16(11-13-23)20-22-18-4-2-3-5-19(18)26-20/h2-9,16H,10-14H2,1H3. The third-order valence-electron chi connectivity index (χ3n) is 5.03. The minimum Gasteiger partial charge on any atom is -0.465 e. The van der Waals surface area contributed by atoms with E-state index in [1.807, 2.05) is 35.6 Å². The molecule has 1 saturated heterocycles. The molecule has 0 spiro atoms. The summed E-state index contributed by atoms with van der Waals surface area (Å²) >= 11 is 1.84. The summed E-state index contributed by atoms with van der Waals surface area (Å²) in [5.74, 6) is 0.290. The van der Waals surface area contributed by atoms with Crippen molar-refractivity contribution in [3.05, 3.63) is 64.7 Å². The van der Waals surface area contributed by atoms with Gasteiger partial charge >= 0.3 is 5.97 Å². The van der Waals surface area contributed by atoms with E-state index in [1.54, 1.807) is 0 Å². The summed E-state index contributed by atoms with van der Waals surface area (Å²) in [5, 5.41) is 1.29.